The van der Waals surface area contributed by atoms with E-state index in [-0.39, 0.29) is 0 Å². The molecule has 2 heteroatoms. The Balaban J connectivity index is 2.19. The maximum atomic E-state index is 3.36. The lowest BCUT2D eigenvalue weighted by Crippen LogP contribution is -2.41. The molecule has 2 aromatic carbocycles. The highest BCUT2D eigenvalue weighted by molar-refractivity contribution is 6.88. The molecule has 0 saturated heterocycles. The minimum atomic E-state index is -1.44. The van der Waals surface area contributed by atoms with Crippen LogP contribution >= 0.6 is 0 Å². The third kappa shape index (κ3) is 2.79. The van der Waals surface area contributed by atoms with Crippen molar-refractivity contribution in [3.05, 3.63) is 66.2 Å². The van der Waals surface area contributed by atoms with Crippen LogP contribution in [0.3, 0.4) is 0 Å². The van der Waals surface area contributed by atoms with Crippen molar-refractivity contribution in [3.63, 3.8) is 0 Å². The zero-order chi connectivity index (χ0) is 14.9. The average molecular weight is 289 g/mol. The summed E-state index contributed by atoms with van der Waals surface area (Å²) in [4.78, 5) is 0. The second kappa shape index (κ2) is 5.27. The number of rotatable bonds is 1. The Hall–Kier alpha value is -2.24. The molecule has 0 fully saturated rings. The van der Waals surface area contributed by atoms with Gasteiger partial charge in [0.2, 0.25) is 0 Å². The molecule has 1 nitrogen and oxygen atoms in total. The molecule has 21 heavy (non-hydrogen) atoms. The SMILES string of the molecule is C[Si](C)(C)c1cc2ccccc2n1C#Cc1ccccc1. The summed E-state index contributed by atoms with van der Waals surface area (Å²) in [5.74, 6) is 3.29. The first kappa shape index (κ1) is 13.7. The van der Waals surface area contributed by atoms with Crippen molar-refractivity contribution in [3.8, 4) is 12.0 Å². The summed E-state index contributed by atoms with van der Waals surface area (Å²) < 4.78 is 2.19. The van der Waals surface area contributed by atoms with Crippen LogP contribution in [0.5, 0.6) is 0 Å². The third-order valence-corrected chi connectivity index (χ3v) is 5.47. The van der Waals surface area contributed by atoms with Crippen LogP contribution in [0.2, 0.25) is 19.6 Å². The van der Waals surface area contributed by atoms with Crippen LogP contribution in [0.25, 0.3) is 10.9 Å². The molecular weight excluding hydrogens is 270 g/mol. The van der Waals surface area contributed by atoms with Crippen LogP contribution in [0, 0.1) is 12.0 Å². The van der Waals surface area contributed by atoms with Gasteiger partial charge in [-0.1, -0.05) is 56.0 Å². The molecule has 0 aliphatic carbocycles. The molecule has 104 valence electrons. The van der Waals surface area contributed by atoms with E-state index < -0.39 is 8.07 Å². The topological polar surface area (TPSA) is 4.93 Å². The molecule has 0 radical (unpaired) electrons. The van der Waals surface area contributed by atoms with Gasteiger partial charge in [-0.2, -0.15) is 0 Å². The van der Waals surface area contributed by atoms with Gasteiger partial charge in [0.15, 0.2) is 0 Å². The number of aromatic nitrogens is 1. The summed E-state index contributed by atoms with van der Waals surface area (Å²) in [6.07, 6.45) is 0. The number of hydrogen-bond donors (Lipinski definition) is 0. The van der Waals surface area contributed by atoms with E-state index in [4.69, 9.17) is 0 Å². The van der Waals surface area contributed by atoms with Crippen LogP contribution < -0.4 is 5.32 Å². The van der Waals surface area contributed by atoms with Crippen LogP contribution in [0.4, 0.5) is 0 Å². The molecule has 0 aliphatic heterocycles. The predicted octanol–water partition coefficient (Wildman–Crippen LogP) is 4.04. The fraction of sp³-hybridized carbons (Fsp3) is 0.158. The summed E-state index contributed by atoms with van der Waals surface area (Å²) in [5, 5.41) is 2.66. The van der Waals surface area contributed by atoms with E-state index in [1.807, 2.05) is 30.3 Å². The summed E-state index contributed by atoms with van der Waals surface area (Å²) >= 11 is 0. The summed E-state index contributed by atoms with van der Waals surface area (Å²) in [7, 11) is -1.44. The number of para-hydroxylation sites is 1. The highest BCUT2D eigenvalue weighted by Crippen LogP contribution is 2.16. The van der Waals surface area contributed by atoms with Gasteiger partial charge in [0.05, 0.1) is 5.52 Å². The lowest BCUT2D eigenvalue weighted by Gasteiger charge is -2.16. The fourth-order valence-corrected chi connectivity index (χ4v) is 3.90. The van der Waals surface area contributed by atoms with Gasteiger partial charge in [0.1, 0.15) is 8.07 Å². The van der Waals surface area contributed by atoms with Crippen molar-refractivity contribution in [2.45, 2.75) is 19.6 Å². The molecule has 0 amide bonds. The molecular formula is C19H19NSi. The maximum Gasteiger partial charge on any atom is 0.100 e. The van der Waals surface area contributed by atoms with Crippen LogP contribution in [-0.2, 0) is 0 Å². The molecule has 3 aromatic rings. The molecule has 0 aliphatic rings. The highest BCUT2D eigenvalue weighted by atomic mass is 28.3. The maximum absolute atomic E-state index is 3.36. The van der Waals surface area contributed by atoms with E-state index in [1.54, 1.807) is 0 Å². The number of fused-ring (bicyclic) bond motifs is 1. The van der Waals surface area contributed by atoms with Gasteiger partial charge in [-0.25, -0.2) is 0 Å². The summed E-state index contributed by atoms with van der Waals surface area (Å²) in [6.45, 7) is 7.09. The lowest BCUT2D eigenvalue weighted by molar-refractivity contribution is 1.23. The second-order valence-corrected chi connectivity index (χ2v) is 11.3. The molecule has 0 spiro atoms. The van der Waals surface area contributed by atoms with Crippen molar-refractivity contribution in [2.75, 3.05) is 0 Å². The number of hydrogen-bond acceptors (Lipinski definition) is 0. The van der Waals surface area contributed by atoms with E-state index in [0.717, 1.165) is 5.56 Å². The smallest absolute Gasteiger partial charge is 0.100 e. The minimum absolute atomic E-state index is 1.05. The van der Waals surface area contributed by atoms with Gasteiger partial charge >= 0.3 is 0 Å². The van der Waals surface area contributed by atoms with E-state index >= 15 is 0 Å². The van der Waals surface area contributed by atoms with E-state index in [9.17, 15) is 0 Å². The van der Waals surface area contributed by atoms with Crippen LogP contribution in [-0.4, -0.2) is 12.6 Å². The standard InChI is InChI=1S/C19H19NSi/c1-21(2,3)19-15-17-11-7-8-12-18(17)20(19)14-13-16-9-5-4-6-10-16/h4-12,15H,1-3H3. The molecule has 0 unspecified atom stereocenters. The van der Waals surface area contributed by atoms with Gasteiger partial charge in [0, 0.05) is 22.3 Å². The number of nitrogens with zero attached hydrogens (tertiary/aromatic N) is 1. The van der Waals surface area contributed by atoms with E-state index in [1.165, 1.54) is 16.2 Å². The zero-order valence-electron chi connectivity index (χ0n) is 12.7. The van der Waals surface area contributed by atoms with Crippen molar-refractivity contribution < 1.29 is 0 Å². The van der Waals surface area contributed by atoms with E-state index in [0.29, 0.717) is 0 Å². The summed E-state index contributed by atoms with van der Waals surface area (Å²) in [6, 6.07) is 24.3. The van der Waals surface area contributed by atoms with Gasteiger partial charge in [0.25, 0.3) is 0 Å². The van der Waals surface area contributed by atoms with Crippen molar-refractivity contribution in [1.82, 2.24) is 4.57 Å². The lowest BCUT2D eigenvalue weighted by atomic mass is 10.2. The Morgan fingerprint density at radius 2 is 1.52 bits per heavy atom. The fourth-order valence-electron chi connectivity index (χ4n) is 2.47. The Morgan fingerprint density at radius 3 is 2.24 bits per heavy atom. The number of benzene rings is 2. The Bertz CT molecular complexity index is 827. The van der Waals surface area contributed by atoms with Gasteiger partial charge in [-0.05, 0) is 30.2 Å². The highest BCUT2D eigenvalue weighted by Gasteiger charge is 2.22. The largest absolute Gasteiger partial charge is 0.277 e. The average Bonchev–Trinajstić information content (AvgIpc) is 2.85. The Morgan fingerprint density at radius 1 is 0.857 bits per heavy atom. The molecule has 0 bridgehead atoms. The van der Waals surface area contributed by atoms with E-state index in [2.05, 4.69) is 66.5 Å². The molecule has 1 aromatic heterocycles. The summed E-state index contributed by atoms with van der Waals surface area (Å²) in [5.41, 5.74) is 2.26. The minimum Gasteiger partial charge on any atom is -0.277 e. The van der Waals surface area contributed by atoms with Crippen LogP contribution in [0.1, 0.15) is 5.56 Å². The third-order valence-electron chi connectivity index (χ3n) is 3.57. The van der Waals surface area contributed by atoms with Crippen molar-refractivity contribution in [1.29, 1.82) is 0 Å². The monoisotopic (exact) mass is 289 g/mol. The second-order valence-electron chi connectivity index (χ2n) is 6.28. The first-order chi connectivity index (χ1) is 10.1. The first-order valence-electron chi connectivity index (χ1n) is 7.24. The Labute approximate surface area is 127 Å². The zero-order valence-corrected chi connectivity index (χ0v) is 13.7. The first-order valence-corrected chi connectivity index (χ1v) is 10.7. The normalized spacial score (nSPS) is 11.2. The molecule has 0 saturated carbocycles. The molecule has 0 atom stereocenters. The van der Waals surface area contributed by atoms with Crippen LogP contribution in [0.15, 0.2) is 60.7 Å². The van der Waals surface area contributed by atoms with Crippen molar-refractivity contribution >= 4 is 24.3 Å². The van der Waals surface area contributed by atoms with Crippen molar-refractivity contribution in [2.24, 2.45) is 0 Å². The molecule has 1 heterocycles. The van der Waals surface area contributed by atoms with Gasteiger partial charge in [-0.3, -0.25) is 4.57 Å². The molecule has 3 rings (SSSR count). The molecule has 0 N–H and O–H groups in total. The quantitative estimate of drug-likeness (QED) is 0.470. The van der Waals surface area contributed by atoms with Gasteiger partial charge in [-0.15, -0.1) is 0 Å². The predicted molar refractivity (Wildman–Crippen MR) is 93.6 cm³/mol. The Kier molecular flexibility index (Phi) is 3.45. The van der Waals surface area contributed by atoms with Gasteiger partial charge < -0.3 is 0 Å².